The first-order valence-corrected chi connectivity index (χ1v) is 7.64. The predicted molar refractivity (Wildman–Crippen MR) is 84.1 cm³/mol. The number of amides is 1. The van der Waals surface area contributed by atoms with Gasteiger partial charge in [-0.1, -0.05) is 25.1 Å². The Morgan fingerprint density at radius 2 is 2.29 bits per heavy atom. The van der Waals surface area contributed by atoms with Gasteiger partial charge >= 0.3 is 0 Å². The number of nitrogens with two attached hydrogens (primary N) is 1. The molecule has 21 heavy (non-hydrogen) atoms. The van der Waals surface area contributed by atoms with Gasteiger partial charge in [0.05, 0.1) is 12.6 Å². The minimum absolute atomic E-state index is 0.00394. The number of hydrogen-bond donors (Lipinski definition) is 2. The summed E-state index contributed by atoms with van der Waals surface area (Å²) in [6.45, 7) is 5.38. The maximum absolute atomic E-state index is 12.2. The van der Waals surface area contributed by atoms with Crippen molar-refractivity contribution in [3.63, 3.8) is 0 Å². The van der Waals surface area contributed by atoms with Crippen molar-refractivity contribution in [2.45, 2.75) is 32.4 Å². The maximum Gasteiger partial charge on any atom is 0.238 e. The van der Waals surface area contributed by atoms with Gasteiger partial charge in [0.1, 0.15) is 0 Å². The Morgan fingerprint density at radius 1 is 1.48 bits per heavy atom. The molecule has 1 amide bonds. The average molecular weight is 291 g/mol. The molecule has 2 rings (SSSR count). The van der Waals surface area contributed by atoms with Crippen LogP contribution in [0.3, 0.4) is 0 Å². The second kappa shape index (κ2) is 8.12. The highest BCUT2D eigenvalue weighted by molar-refractivity contribution is 5.93. The lowest BCUT2D eigenvalue weighted by atomic mass is 10.2. The second-order valence-corrected chi connectivity index (χ2v) is 5.37. The summed E-state index contributed by atoms with van der Waals surface area (Å²) in [4.78, 5) is 14.3. The van der Waals surface area contributed by atoms with Crippen molar-refractivity contribution in [1.29, 1.82) is 0 Å². The van der Waals surface area contributed by atoms with Crippen molar-refractivity contribution in [3.05, 3.63) is 29.8 Å². The highest BCUT2D eigenvalue weighted by Crippen LogP contribution is 2.15. The van der Waals surface area contributed by atoms with E-state index in [4.69, 9.17) is 10.5 Å². The van der Waals surface area contributed by atoms with E-state index in [9.17, 15) is 4.79 Å². The number of carbonyl (C=O) groups excluding carboxylic acids is 1. The number of para-hydroxylation sites is 1. The molecule has 0 aromatic heterocycles. The predicted octanol–water partition coefficient (Wildman–Crippen LogP) is 1.58. The molecule has 1 aromatic rings. The molecule has 1 unspecified atom stereocenters. The van der Waals surface area contributed by atoms with Crippen LogP contribution in [0.1, 0.15) is 25.3 Å². The Kier molecular flexibility index (Phi) is 6.17. The molecular formula is C16H25N3O2. The smallest absolute Gasteiger partial charge is 0.238 e. The topological polar surface area (TPSA) is 67.6 Å². The zero-order valence-electron chi connectivity index (χ0n) is 12.7. The third-order valence-electron chi connectivity index (χ3n) is 3.81. The number of nitrogens with one attached hydrogen (secondary N) is 1. The summed E-state index contributed by atoms with van der Waals surface area (Å²) in [5.41, 5.74) is 7.44. The fourth-order valence-corrected chi connectivity index (χ4v) is 2.59. The number of likely N-dealkylation sites (N-methyl/N-ethyl adjacent to an activating group) is 1. The third-order valence-corrected chi connectivity index (χ3v) is 3.81. The van der Waals surface area contributed by atoms with Crippen molar-refractivity contribution in [2.75, 3.05) is 31.6 Å². The number of nitrogens with zero attached hydrogens (tertiary/aromatic N) is 1. The fourth-order valence-electron chi connectivity index (χ4n) is 2.59. The molecule has 1 atom stereocenters. The maximum atomic E-state index is 12.2. The monoisotopic (exact) mass is 291 g/mol. The summed E-state index contributed by atoms with van der Waals surface area (Å²) in [6.07, 6.45) is 2.49. The molecule has 3 N–H and O–H groups in total. The van der Waals surface area contributed by atoms with E-state index in [-0.39, 0.29) is 12.0 Å². The number of ether oxygens (including phenoxy) is 1. The quantitative estimate of drug-likeness (QED) is 0.800. The van der Waals surface area contributed by atoms with Gasteiger partial charge in [-0.25, -0.2) is 0 Å². The van der Waals surface area contributed by atoms with E-state index in [0.717, 1.165) is 43.8 Å². The van der Waals surface area contributed by atoms with Crippen LogP contribution in [-0.2, 0) is 16.1 Å². The molecule has 1 fully saturated rings. The molecular weight excluding hydrogens is 266 g/mol. The molecule has 116 valence electrons. The molecule has 1 saturated heterocycles. The summed E-state index contributed by atoms with van der Waals surface area (Å²) in [5, 5.41) is 2.95. The fraction of sp³-hybridized carbons (Fsp3) is 0.562. The van der Waals surface area contributed by atoms with Crippen LogP contribution in [0.15, 0.2) is 24.3 Å². The van der Waals surface area contributed by atoms with E-state index in [1.165, 1.54) is 0 Å². The number of anilines is 1. The van der Waals surface area contributed by atoms with Crippen molar-refractivity contribution >= 4 is 11.6 Å². The van der Waals surface area contributed by atoms with Crippen molar-refractivity contribution in [2.24, 2.45) is 5.73 Å². The number of rotatable bonds is 7. The standard InChI is InChI=1S/C16H25N3O2/c1-2-19(11-14-7-5-9-21-14)12-16(20)18-15-8-4-3-6-13(15)10-17/h3-4,6,8,14H,2,5,7,9-12,17H2,1H3,(H,18,20). The Balaban J connectivity index is 1.87. The number of hydrogen-bond acceptors (Lipinski definition) is 4. The van der Waals surface area contributed by atoms with Gasteiger partial charge in [-0.15, -0.1) is 0 Å². The van der Waals surface area contributed by atoms with Gasteiger partial charge in [-0.2, -0.15) is 0 Å². The van der Waals surface area contributed by atoms with Crippen LogP contribution in [0.5, 0.6) is 0 Å². The largest absolute Gasteiger partial charge is 0.377 e. The van der Waals surface area contributed by atoms with Crippen molar-refractivity contribution in [3.8, 4) is 0 Å². The van der Waals surface area contributed by atoms with Gasteiger partial charge in [0.15, 0.2) is 0 Å². The molecule has 1 aliphatic rings. The van der Waals surface area contributed by atoms with Gasteiger partial charge < -0.3 is 15.8 Å². The SMILES string of the molecule is CCN(CC(=O)Nc1ccccc1CN)CC1CCCO1. The molecule has 0 radical (unpaired) electrons. The lowest BCUT2D eigenvalue weighted by Crippen LogP contribution is -2.38. The zero-order chi connectivity index (χ0) is 15.1. The van der Waals surface area contributed by atoms with E-state index in [2.05, 4.69) is 17.1 Å². The molecule has 0 saturated carbocycles. The second-order valence-electron chi connectivity index (χ2n) is 5.37. The zero-order valence-corrected chi connectivity index (χ0v) is 12.7. The summed E-state index contributed by atoms with van der Waals surface area (Å²) >= 11 is 0. The van der Waals surface area contributed by atoms with Crippen LogP contribution >= 0.6 is 0 Å². The molecule has 1 aliphatic heterocycles. The summed E-state index contributed by atoms with van der Waals surface area (Å²) < 4.78 is 5.63. The Hall–Kier alpha value is -1.43. The first kappa shape index (κ1) is 15.9. The van der Waals surface area contributed by atoms with Crippen LogP contribution < -0.4 is 11.1 Å². The first-order chi connectivity index (χ1) is 10.2. The first-order valence-electron chi connectivity index (χ1n) is 7.64. The lowest BCUT2D eigenvalue weighted by Gasteiger charge is -2.23. The van der Waals surface area contributed by atoms with Crippen LogP contribution in [0.25, 0.3) is 0 Å². The van der Waals surface area contributed by atoms with Crippen LogP contribution in [-0.4, -0.2) is 43.2 Å². The Morgan fingerprint density at radius 3 is 2.95 bits per heavy atom. The van der Waals surface area contributed by atoms with E-state index in [1.807, 2.05) is 24.3 Å². The minimum Gasteiger partial charge on any atom is -0.377 e. The van der Waals surface area contributed by atoms with Gasteiger partial charge in [0, 0.05) is 25.4 Å². The lowest BCUT2D eigenvalue weighted by molar-refractivity contribution is -0.117. The summed E-state index contributed by atoms with van der Waals surface area (Å²) in [7, 11) is 0. The summed E-state index contributed by atoms with van der Waals surface area (Å²) in [5.74, 6) is -0.00394. The minimum atomic E-state index is -0.00394. The number of carbonyl (C=O) groups is 1. The van der Waals surface area contributed by atoms with Gasteiger partial charge in [0.2, 0.25) is 5.91 Å². The van der Waals surface area contributed by atoms with Crippen molar-refractivity contribution < 1.29 is 9.53 Å². The third kappa shape index (κ3) is 4.81. The Bertz CT molecular complexity index is 459. The molecule has 1 heterocycles. The van der Waals surface area contributed by atoms with E-state index < -0.39 is 0 Å². The molecule has 5 nitrogen and oxygen atoms in total. The Labute approximate surface area is 126 Å². The number of benzene rings is 1. The van der Waals surface area contributed by atoms with E-state index in [0.29, 0.717) is 13.1 Å². The van der Waals surface area contributed by atoms with Crippen LogP contribution in [0.2, 0.25) is 0 Å². The van der Waals surface area contributed by atoms with Crippen molar-refractivity contribution in [1.82, 2.24) is 4.90 Å². The van der Waals surface area contributed by atoms with E-state index in [1.54, 1.807) is 0 Å². The molecule has 0 aliphatic carbocycles. The van der Waals surface area contributed by atoms with Gasteiger partial charge in [-0.05, 0) is 31.0 Å². The normalized spacial score (nSPS) is 18.1. The molecule has 0 spiro atoms. The summed E-state index contributed by atoms with van der Waals surface area (Å²) in [6, 6.07) is 7.64. The highest BCUT2D eigenvalue weighted by atomic mass is 16.5. The molecule has 5 heteroatoms. The van der Waals surface area contributed by atoms with Gasteiger partial charge in [0.25, 0.3) is 0 Å². The average Bonchev–Trinajstić information content (AvgIpc) is 3.00. The van der Waals surface area contributed by atoms with Crippen LogP contribution in [0.4, 0.5) is 5.69 Å². The van der Waals surface area contributed by atoms with Gasteiger partial charge in [-0.3, -0.25) is 9.69 Å². The van der Waals surface area contributed by atoms with Crippen LogP contribution in [0, 0.1) is 0 Å². The molecule has 1 aromatic carbocycles. The highest BCUT2D eigenvalue weighted by Gasteiger charge is 2.20. The van der Waals surface area contributed by atoms with E-state index >= 15 is 0 Å². The molecule has 0 bridgehead atoms.